The van der Waals surface area contributed by atoms with Gasteiger partial charge in [-0.1, -0.05) is 0 Å². The number of nitrogens with two attached hydrogens (primary N) is 1. The summed E-state index contributed by atoms with van der Waals surface area (Å²) in [6, 6.07) is 7.92. The molecule has 0 saturated carbocycles. The van der Waals surface area contributed by atoms with Gasteiger partial charge in [-0.25, -0.2) is 4.39 Å². The van der Waals surface area contributed by atoms with Gasteiger partial charge in [0.1, 0.15) is 11.5 Å². The largest absolute Gasteiger partial charge is 0.334 e. The van der Waals surface area contributed by atoms with Gasteiger partial charge >= 0.3 is 0 Å². The molecule has 0 bridgehead atoms. The van der Waals surface area contributed by atoms with Crippen LogP contribution in [0.3, 0.4) is 0 Å². The molecule has 0 radical (unpaired) electrons. The molecule has 0 aliphatic carbocycles. The van der Waals surface area contributed by atoms with E-state index in [0.29, 0.717) is 30.4 Å². The standard InChI is InChI=1S/C16H19FN4O.ClH/c1-10-6-11(8-18)9-21(10)16(22)15-7-14(19-20-15)12-2-4-13(17)5-3-12;/h2-5,7,10-11H,6,8-9,18H2,1H3,(H,19,20);1H. The lowest BCUT2D eigenvalue weighted by molar-refractivity contribution is 0.0737. The average molecular weight is 339 g/mol. The van der Waals surface area contributed by atoms with Gasteiger partial charge in [0.2, 0.25) is 0 Å². The minimum Gasteiger partial charge on any atom is -0.334 e. The average Bonchev–Trinajstić information content (AvgIpc) is 3.14. The summed E-state index contributed by atoms with van der Waals surface area (Å²) in [7, 11) is 0. The molecule has 3 N–H and O–H groups in total. The number of carbonyl (C=O) groups is 1. The van der Waals surface area contributed by atoms with E-state index in [0.717, 1.165) is 12.0 Å². The number of nitrogens with one attached hydrogen (secondary N) is 1. The highest BCUT2D eigenvalue weighted by Crippen LogP contribution is 2.25. The molecule has 1 aromatic carbocycles. The number of carbonyl (C=O) groups excluding carboxylic acids is 1. The predicted octanol–water partition coefficient (Wildman–Crippen LogP) is 2.45. The molecule has 2 unspecified atom stereocenters. The number of hydrogen-bond acceptors (Lipinski definition) is 3. The molecule has 2 aromatic rings. The summed E-state index contributed by atoms with van der Waals surface area (Å²) < 4.78 is 13.0. The third kappa shape index (κ3) is 3.54. The van der Waals surface area contributed by atoms with Crippen molar-refractivity contribution < 1.29 is 9.18 Å². The van der Waals surface area contributed by atoms with Gasteiger partial charge in [0.15, 0.2) is 0 Å². The quantitative estimate of drug-likeness (QED) is 0.902. The highest BCUT2D eigenvalue weighted by molar-refractivity contribution is 5.93. The summed E-state index contributed by atoms with van der Waals surface area (Å²) in [5, 5.41) is 6.94. The molecule has 1 aliphatic heterocycles. The fourth-order valence-electron chi connectivity index (χ4n) is 2.95. The van der Waals surface area contributed by atoms with Gasteiger partial charge in [0, 0.05) is 18.2 Å². The Balaban J connectivity index is 0.00000192. The fraction of sp³-hybridized carbons (Fsp3) is 0.375. The minimum absolute atomic E-state index is 0. The van der Waals surface area contributed by atoms with Crippen molar-refractivity contribution in [2.75, 3.05) is 13.1 Å². The van der Waals surface area contributed by atoms with Crippen LogP contribution in [0.1, 0.15) is 23.8 Å². The van der Waals surface area contributed by atoms with Crippen molar-refractivity contribution in [1.82, 2.24) is 15.1 Å². The zero-order valence-corrected chi connectivity index (χ0v) is 13.6. The Hall–Kier alpha value is -1.92. The monoisotopic (exact) mass is 338 g/mol. The molecule has 3 rings (SSSR count). The first-order chi connectivity index (χ1) is 10.6. The molecular formula is C16H20ClFN4O. The lowest BCUT2D eigenvalue weighted by atomic mass is 10.1. The van der Waals surface area contributed by atoms with Gasteiger partial charge in [-0.3, -0.25) is 9.89 Å². The first kappa shape index (κ1) is 17.4. The van der Waals surface area contributed by atoms with Crippen LogP contribution in [0.5, 0.6) is 0 Å². The molecular weight excluding hydrogens is 319 g/mol. The Labute approximate surface area is 140 Å². The highest BCUT2D eigenvalue weighted by atomic mass is 35.5. The van der Waals surface area contributed by atoms with Crippen LogP contribution in [0.25, 0.3) is 11.3 Å². The summed E-state index contributed by atoms with van der Waals surface area (Å²) in [6.07, 6.45) is 0.932. The summed E-state index contributed by atoms with van der Waals surface area (Å²) in [4.78, 5) is 14.4. The Morgan fingerprint density at radius 3 is 2.74 bits per heavy atom. The second-order valence-corrected chi connectivity index (χ2v) is 5.82. The van der Waals surface area contributed by atoms with Crippen LogP contribution in [0.4, 0.5) is 4.39 Å². The Bertz CT molecular complexity index is 673. The van der Waals surface area contributed by atoms with Crippen LogP contribution in [0, 0.1) is 11.7 Å². The van der Waals surface area contributed by atoms with E-state index in [1.807, 2.05) is 11.8 Å². The van der Waals surface area contributed by atoms with Gasteiger partial charge in [0.25, 0.3) is 5.91 Å². The molecule has 1 saturated heterocycles. The number of likely N-dealkylation sites (tertiary alicyclic amines) is 1. The summed E-state index contributed by atoms with van der Waals surface area (Å²) in [5.41, 5.74) is 7.55. The number of nitrogens with zero attached hydrogens (tertiary/aromatic N) is 2. The predicted molar refractivity (Wildman–Crippen MR) is 88.9 cm³/mol. The number of aromatic nitrogens is 2. The maximum Gasteiger partial charge on any atom is 0.272 e. The Kier molecular flexibility index (Phi) is 5.38. The van der Waals surface area contributed by atoms with E-state index in [4.69, 9.17) is 5.73 Å². The van der Waals surface area contributed by atoms with E-state index in [2.05, 4.69) is 10.2 Å². The number of H-pyrrole nitrogens is 1. The van der Waals surface area contributed by atoms with Crippen LogP contribution in [0.2, 0.25) is 0 Å². The summed E-state index contributed by atoms with van der Waals surface area (Å²) in [6.45, 7) is 3.31. The second-order valence-electron chi connectivity index (χ2n) is 5.82. The van der Waals surface area contributed by atoms with Crippen molar-refractivity contribution in [3.05, 3.63) is 41.8 Å². The van der Waals surface area contributed by atoms with Crippen molar-refractivity contribution in [3.8, 4) is 11.3 Å². The van der Waals surface area contributed by atoms with Gasteiger partial charge < -0.3 is 10.6 Å². The van der Waals surface area contributed by atoms with Gasteiger partial charge in [-0.05, 0) is 56.1 Å². The molecule has 1 fully saturated rings. The topological polar surface area (TPSA) is 75.0 Å². The molecule has 124 valence electrons. The van der Waals surface area contributed by atoms with E-state index in [-0.39, 0.29) is 30.2 Å². The molecule has 2 atom stereocenters. The van der Waals surface area contributed by atoms with E-state index in [9.17, 15) is 9.18 Å². The normalized spacial score (nSPS) is 20.4. The van der Waals surface area contributed by atoms with Gasteiger partial charge in [-0.2, -0.15) is 5.10 Å². The van der Waals surface area contributed by atoms with Crippen LogP contribution in [-0.2, 0) is 0 Å². The van der Waals surface area contributed by atoms with Crippen molar-refractivity contribution >= 4 is 18.3 Å². The Morgan fingerprint density at radius 2 is 2.13 bits per heavy atom. The van der Waals surface area contributed by atoms with E-state index in [1.54, 1.807) is 18.2 Å². The van der Waals surface area contributed by atoms with Crippen molar-refractivity contribution in [2.45, 2.75) is 19.4 Å². The van der Waals surface area contributed by atoms with E-state index < -0.39 is 0 Å². The number of amides is 1. The molecule has 1 aliphatic rings. The zero-order chi connectivity index (χ0) is 15.7. The highest BCUT2D eigenvalue weighted by Gasteiger charge is 2.32. The smallest absolute Gasteiger partial charge is 0.272 e. The fourth-order valence-corrected chi connectivity index (χ4v) is 2.95. The van der Waals surface area contributed by atoms with E-state index in [1.165, 1.54) is 12.1 Å². The summed E-state index contributed by atoms with van der Waals surface area (Å²) in [5.74, 6) is -0.00273. The number of halogens is 2. The molecule has 23 heavy (non-hydrogen) atoms. The lowest BCUT2D eigenvalue weighted by Crippen LogP contribution is -2.34. The maximum atomic E-state index is 13.0. The van der Waals surface area contributed by atoms with Gasteiger partial charge in [0.05, 0.1) is 5.69 Å². The lowest BCUT2D eigenvalue weighted by Gasteiger charge is -2.20. The second kappa shape index (κ2) is 7.10. The molecule has 0 spiro atoms. The van der Waals surface area contributed by atoms with Crippen molar-refractivity contribution in [3.63, 3.8) is 0 Å². The number of aromatic amines is 1. The number of hydrogen-bond donors (Lipinski definition) is 2. The van der Waals surface area contributed by atoms with Gasteiger partial charge in [-0.15, -0.1) is 12.4 Å². The first-order valence-corrected chi connectivity index (χ1v) is 7.41. The molecule has 1 aromatic heterocycles. The number of benzene rings is 1. The van der Waals surface area contributed by atoms with Crippen LogP contribution < -0.4 is 5.73 Å². The Morgan fingerprint density at radius 1 is 1.43 bits per heavy atom. The van der Waals surface area contributed by atoms with Crippen molar-refractivity contribution in [2.24, 2.45) is 11.7 Å². The van der Waals surface area contributed by atoms with Crippen LogP contribution in [0.15, 0.2) is 30.3 Å². The van der Waals surface area contributed by atoms with Crippen LogP contribution in [-0.4, -0.2) is 40.1 Å². The van der Waals surface area contributed by atoms with Crippen molar-refractivity contribution in [1.29, 1.82) is 0 Å². The molecule has 5 nitrogen and oxygen atoms in total. The maximum absolute atomic E-state index is 13.0. The third-order valence-corrected chi connectivity index (χ3v) is 4.20. The summed E-state index contributed by atoms with van der Waals surface area (Å²) >= 11 is 0. The molecule has 1 amide bonds. The zero-order valence-electron chi connectivity index (χ0n) is 12.8. The number of rotatable bonds is 3. The first-order valence-electron chi connectivity index (χ1n) is 7.41. The third-order valence-electron chi connectivity index (χ3n) is 4.20. The van der Waals surface area contributed by atoms with E-state index >= 15 is 0 Å². The molecule has 7 heteroatoms. The SMILES string of the molecule is CC1CC(CN)CN1C(=O)c1cc(-c2ccc(F)cc2)n[nH]1.Cl. The molecule has 2 heterocycles. The van der Waals surface area contributed by atoms with Crippen LogP contribution >= 0.6 is 12.4 Å². The minimum atomic E-state index is -0.297.